The highest BCUT2D eigenvalue weighted by molar-refractivity contribution is 5.88. The van der Waals surface area contributed by atoms with Crippen molar-refractivity contribution in [3.63, 3.8) is 0 Å². The van der Waals surface area contributed by atoms with Crippen molar-refractivity contribution in [2.75, 3.05) is 7.11 Å². The molecule has 4 nitrogen and oxygen atoms in total. The molecule has 1 aromatic heterocycles. The third-order valence-electron chi connectivity index (χ3n) is 3.54. The molecule has 0 saturated carbocycles. The first kappa shape index (κ1) is 17.1. The number of allylic oxidation sites excluding steroid dienone is 3. The summed E-state index contributed by atoms with van der Waals surface area (Å²) >= 11 is 0. The van der Waals surface area contributed by atoms with Gasteiger partial charge in [0.1, 0.15) is 0 Å². The van der Waals surface area contributed by atoms with Gasteiger partial charge in [0.25, 0.3) is 0 Å². The minimum atomic E-state index is 0.558. The Morgan fingerprint density at radius 2 is 2.00 bits per heavy atom. The Morgan fingerprint density at radius 3 is 2.67 bits per heavy atom. The van der Waals surface area contributed by atoms with Gasteiger partial charge in [-0.1, -0.05) is 19.2 Å². The van der Waals surface area contributed by atoms with E-state index in [9.17, 15) is 0 Å². The average Bonchev–Trinajstić information content (AvgIpc) is 2.64. The van der Waals surface area contributed by atoms with Gasteiger partial charge >= 0.3 is 0 Å². The predicted octanol–water partition coefficient (Wildman–Crippen LogP) is 4.87. The summed E-state index contributed by atoms with van der Waals surface area (Å²) in [5, 5.41) is 0. The van der Waals surface area contributed by atoms with Gasteiger partial charge in [-0.25, -0.2) is 4.98 Å². The minimum absolute atomic E-state index is 0.558. The van der Waals surface area contributed by atoms with Gasteiger partial charge in [0.15, 0.2) is 0 Å². The highest BCUT2D eigenvalue weighted by Gasteiger charge is 2.12. The molecule has 1 heterocycles. The van der Waals surface area contributed by atoms with Gasteiger partial charge in [-0.05, 0) is 60.5 Å². The Hall–Kier alpha value is -3.27. The van der Waals surface area contributed by atoms with Crippen molar-refractivity contribution in [1.29, 1.82) is 0 Å². The van der Waals surface area contributed by atoms with Crippen molar-refractivity contribution in [2.45, 2.75) is 0 Å². The minimum Gasteiger partial charge on any atom is -0.481 e. The number of methoxy groups -OCH3 is 1. The van der Waals surface area contributed by atoms with Crippen molar-refractivity contribution in [2.24, 2.45) is 9.98 Å². The van der Waals surface area contributed by atoms with Crippen LogP contribution in [0.4, 0.5) is 5.69 Å². The van der Waals surface area contributed by atoms with E-state index in [0.29, 0.717) is 5.88 Å². The van der Waals surface area contributed by atoms with Crippen LogP contribution in [0.1, 0.15) is 5.56 Å². The summed E-state index contributed by atoms with van der Waals surface area (Å²) in [6.45, 7) is 15.2. The van der Waals surface area contributed by atoms with Crippen molar-refractivity contribution in [1.82, 2.24) is 4.98 Å². The third kappa shape index (κ3) is 3.55. The molecule has 0 aliphatic rings. The fraction of sp³-hybridized carbons (Fsp3) is 0.0500. The zero-order valence-corrected chi connectivity index (χ0v) is 13.7. The summed E-state index contributed by atoms with van der Waals surface area (Å²) in [6.07, 6.45) is 5.01. The van der Waals surface area contributed by atoms with E-state index in [-0.39, 0.29) is 0 Å². The summed E-state index contributed by atoms with van der Waals surface area (Å²) in [7, 11) is 1.60. The first-order chi connectivity index (χ1) is 11.6. The van der Waals surface area contributed by atoms with Crippen LogP contribution in [0.25, 0.3) is 16.7 Å². The van der Waals surface area contributed by atoms with E-state index < -0.39 is 0 Å². The van der Waals surface area contributed by atoms with Gasteiger partial charge in [-0.15, -0.1) is 0 Å². The summed E-state index contributed by atoms with van der Waals surface area (Å²) in [5.74, 6) is 0.558. The Balaban J connectivity index is 2.54. The summed E-state index contributed by atoms with van der Waals surface area (Å²) < 4.78 is 5.34. The Morgan fingerprint density at radius 1 is 1.21 bits per heavy atom. The molecule has 2 rings (SSSR count). The highest BCUT2D eigenvalue weighted by atomic mass is 16.5. The maximum atomic E-state index is 5.34. The van der Waals surface area contributed by atoms with Crippen LogP contribution >= 0.6 is 0 Å². The van der Waals surface area contributed by atoms with Crippen LogP contribution in [-0.2, 0) is 0 Å². The molecule has 0 bridgehead atoms. The molecule has 0 fully saturated rings. The van der Waals surface area contributed by atoms with E-state index in [1.807, 2.05) is 30.3 Å². The van der Waals surface area contributed by atoms with Crippen LogP contribution in [0.3, 0.4) is 0 Å². The van der Waals surface area contributed by atoms with Crippen LogP contribution < -0.4 is 4.74 Å². The Kier molecular flexibility index (Phi) is 5.58. The first-order valence-corrected chi connectivity index (χ1v) is 7.23. The number of hydrogen-bond donors (Lipinski definition) is 0. The van der Waals surface area contributed by atoms with E-state index in [0.717, 1.165) is 33.5 Å². The second-order valence-electron chi connectivity index (χ2n) is 4.95. The van der Waals surface area contributed by atoms with Crippen LogP contribution in [-0.4, -0.2) is 25.5 Å². The molecular formula is C20H19N3O. The van der Waals surface area contributed by atoms with Crippen molar-refractivity contribution in [3.05, 3.63) is 73.1 Å². The van der Waals surface area contributed by atoms with E-state index in [4.69, 9.17) is 4.74 Å². The fourth-order valence-electron chi connectivity index (χ4n) is 2.27. The number of nitrogens with zero attached hydrogens (tertiary/aromatic N) is 3. The molecule has 2 aromatic rings. The summed E-state index contributed by atoms with van der Waals surface area (Å²) in [5.41, 5.74) is 4.87. The van der Waals surface area contributed by atoms with E-state index >= 15 is 0 Å². The maximum Gasteiger partial charge on any atom is 0.221 e. The first-order valence-electron chi connectivity index (χ1n) is 7.23. The largest absolute Gasteiger partial charge is 0.481 e. The van der Waals surface area contributed by atoms with Crippen LogP contribution in [0.15, 0.2) is 77.5 Å². The zero-order chi connectivity index (χ0) is 17.5. The molecule has 24 heavy (non-hydrogen) atoms. The molecule has 0 aliphatic carbocycles. The molecule has 0 radical (unpaired) electrons. The molecule has 0 aliphatic heterocycles. The second-order valence-corrected chi connectivity index (χ2v) is 4.95. The Labute approximate surface area is 142 Å². The van der Waals surface area contributed by atoms with Gasteiger partial charge in [0, 0.05) is 23.5 Å². The average molecular weight is 317 g/mol. The van der Waals surface area contributed by atoms with Crippen molar-refractivity contribution < 1.29 is 4.74 Å². The molecule has 0 saturated heterocycles. The number of aromatic nitrogens is 1. The molecule has 0 spiro atoms. The Bertz CT molecular complexity index is 835. The van der Waals surface area contributed by atoms with Crippen LogP contribution in [0.5, 0.6) is 5.88 Å². The normalized spacial score (nSPS) is 10.4. The lowest BCUT2D eigenvalue weighted by molar-refractivity contribution is 0.399. The molecule has 0 N–H and O–H groups in total. The van der Waals surface area contributed by atoms with E-state index in [1.54, 1.807) is 25.6 Å². The van der Waals surface area contributed by atoms with Gasteiger partial charge in [-0.3, -0.25) is 9.98 Å². The lowest BCUT2D eigenvalue weighted by atomic mass is 9.95. The third-order valence-corrected chi connectivity index (χ3v) is 3.54. The second kappa shape index (κ2) is 7.83. The number of aliphatic imine (C=N–C) groups is 2. The number of benzene rings is 1. The quantitative estimate of drug-likeness (QED) is 0.540. The molecule has 0 atom stereocenters. The monoisotopic (exact) mass is 317 g/mol. The smallest absolute Gasteiger partial charge is 0.221 e. The van der Waals surface area contributed by atoms with Crippen LogP contribution in [0.2, 0.25) is 0 Å². The lowest BCUT2D eigenvalue weighted by Crippen LogP contribution is -1.92. The molecule has 0 amide bonds. The lowest BCUT2D eigenvalue weighted by Gasteiger charge is -2.13. The van der Waals surface area contributed by atoms with Crippen LogP contribution in [0, 0.1) is 0 Å². The van der Waals surface area contributed by atoms with E-state index in [1.165, 1.54) is 0 Å². The molecule has 0 unspecified atom stereocenters. The van der Waals surface area contributed by atoms with E-state index in [2.05, 4.69) is 41.6 Å². The topological polar surface area (TPSA) is 46.8 Å². The van der Waals surface area contributed by atoms with Crippen molar-refractivity contribution >= 4 is 24.7 Å². The number of ether oxygens (including phenoxy) is 1. The molecule has 4 heteroatoms. The molecular weight excluding hydrogens is 298 g/mol. The molecule has 120 valence electrons. The zero-order valence-electron chi connectivity index (χ0n) is 13.7. The summed E-state index contributed by atoms with van der Waals surface area (Å²) in [4.78, 5) is 12.0. The molecule has 1 aromatic carbocycles. The number of hydrogen-bond acceptors (Lipinski definition) is 4. The van der Waals surface area contributed by atoms with Crippen molar-refractivity contribution in [3.8, 4) is 17.0 Å². The number of pyridine rings is 1. The fourth-order valence-corrected chi connectivity index (χ4v) is 2.27. The predicted molar refractivity (Wildman–Crippen MR) is 102 cm³/mol. The van der Waals surface area contributed by atoms with Gasteiger partial charge in [-0.2, -0.15) is 0 Å². The highest BCUT2D eigenvalue weighted by Crippen LogP contribution is 2.36. The SMILES string of the molecule is C=N/C=C\C(=C)C(=C)c1cc(-c2cccnc2OC)ccc1N=C. The maximum absolute atomic E-state index is 5.34. The number of rotatable bonds is 7. The summed E-state index contributed by atoms with van der Waals surface area (Å²) in [6, 6.07) is 9.63. The van der Waals surface area contributed by atoms with Gasteiger partial charge in [0.2, 0.25) is 5.88 Å². The van der Waals surface area contributed by atoms with Gasteiger partial charge < -0.3 is 4.74 Å². The van der Waals surface area contributed by atoms with Gasteiger partial charge in [0.05, 0.1) is 12.8 Å². The standard InChI is InChI=1S/C20H19N3O/c1-14(10-12-21-3)15(2)18-13-16(8-9-19(18)22-4)17-7-6-11-23-20(17)24-5/h6-13H,1-4H2,5H3/b12-10-.